The van der Waals surface area contributed by atoms with Crippen molar-refractivity contribution in [2.45, 2.75) is 32.9 Å². The molecule has 2 amide bonds. The Kier molecular flexibility index (Phi) is 6.41. The minimum atomic E-state index is -0.133. The highest BCUT2D eigenvalue weighted by molar-refractivity contribution is 5.80. The van der Waals surface area contributed by atoms with E-state index in [1.807, 2.05) is 42.5 Å². The quantitative estimate of drug-likeness (QED) is 0.852. The second kappa shape index (κ2) is 9.16. The Morgan fingerprint density at radius 3 is 2.93 bits per heavy atom. The Morgan fingerprint density at radius 1 is 1.26 bits per heavy atom. The minimum absolute atomic E-state index is 0.000701. The van der Waals surface area contributed by atoms with Crippen molar-refractivity contribution in [3.63, 3.8) is 0 Å². The van der Waals surface area contributed by atoms with Crippen LogP contribution in [-0.4, -0.2) is 34.8 Å². The Labute approximate surface area is 159 Å². The Hall–Kier alpha value is -2.89. The Morgan fingerprint density at radius 2 is 2.15 bits per heavy atom. The molecular formula is C21H25N3O3. The van der Waals surface area contributed by atoms with Gasteiger partial charge in [-0.25, -0.2) is 0 Å². The summed E-state index contributed by atoms with van der Waals surface area (Å²) >= 11 is 0. The van der Waals surface area contributed by atoms with Gasteiger partial charge in [-0.15, -0.1) is 0 Å². The van der Waals surface area contributed by atoms with Gasteiger partial charge in [-0.1, -0.05) is 18.2 Å². The molecule has 27 heavy (non-hydrogen) atoms. The van der Waals surface area contributed by atoms with Gasteiger partial charge in [0.15, 0.2) is 0 Å². The molecule has 1 aromatic carbocycles. The summed E-state index contributed by atoms with van der Waals surface area (Å²) < 4.78 is 5.78. The summed E-state index contributed by atoms with van der Waals surface area (Å²) in [5.41, 5.74) is 1.84. The highest BCUT2D eigenvalue weighted by atomic mass is 16.5. The van der Waals surface area contributed by atoms with Gasteiger partial charge in [-0.2, -0.15) is 0 Å². The van der Waals surface area contributed by atoms with Gasteiger partial charge in [-0.05, 0) is 42.7 Å². The van der Waals surface area contributed by atoms with Crippen molar-refractivity contribution in [3.05, 3.63) is 59.9 Å². The lowest BCUT2D eigenvalue weighted by Crippen LogP contribution is -2.44. The number of nitrogens with one attached hydrogen (secondary N) is 1. The molecule has 1 atom stereocenters. The van der Waals surface area contributed by atoms with Gasteiger partial charge in [0.25, 0.3) is 0 Å². The fraction of sp³-hybridized carbons (Fsp3) is 0.381. The van der Waals surface area contributed by atoms with Gasteiger partial charge in [0.2, 0.25) is 11.8 Å². The van der Waals surface area contributed by atoms with Crippen LogP contribution in [0.5, 0.6) is 5.75 Å². The van der Waals surface area contributed by atoms with Crippen LogP contribution in [0, 0.1) is 5.92 Å². The molecule has 0 spiro atoms. The first-order valence-electron chi connectivity index (χ1n) is 9.26. The smallest absolute Gasteiger partial charge is 0.225 e. The Bertz CT molecular complexity index is 779. The summed E-state index contributed by atoms with van der Waals surface area (Å²) in [4.78, 5) is 30.0. The third-order valence-corrected chi connectivity index (χ3v) is 4.72. The van der Waals surface area contributed by atoms with Gasteiger partial charge in [0.1, 0.15) is 12.4 Å². The zero-order valence-electron chi connectivity index (χ0n) is 15.6. The third-order valence-electron chi connectivity index (χ3n) is 4.72. The van der Waals surface area contributed by atoms with Crippen molar-refractivity contribution in [2.75, 3.05) is 13.1 Å². The molecule has 6 nitrogen and oxygen atoms in total. The lowest BCUT2D eigenvalue weighted by atomic mass is 9.97. The molecule has 0 bridgehead atoms. The topological polar surface area (TPSA) is 71.5 Å². The summed E-state index contributed by atoms with van der Waals surface area (Å²) in [6.07, 6.45) is 3.43. The van der Waals surface area contributed by atoms with Crippen LogP contribution in [0.1, 0.15) is 31.0 Å². The average Bonchev–Trinajstić information content (AvgIpc) is 2.71. The molecule has 1 aliphatic heterocycles. The molecule has 0 unspecified atom stereocenters. The number of hydrogen-bond donors (Lipinski definition) is 1. The van der Waals surface area contributed by atoms with E-state index in [1.165, 1.54) is 0 Å². The number of nitrogens with zero attached hydrogens (tertiary/aromatic N) is 2. The van der Waals surface area contributed by atoms with Crippen molar-refractivity contribution in [1.29, 1.82) is 0 Å². The van der Waals surface area contributed by atoms with Crippen LogP contribution >= 0.6 is 0 Å². The van der Waals surface area contributed by atoms with E-state index in [9.17, 15) is 9.59 Å². The van der Waals surface area contributed by atoms with E-state index in [1.54, 1.807) is 18.0 Å². The first-order chi connectivity index (χ1) is 13.1. The predicted molar refractivity (Wildman–Crippen MR) is 102 cm³/mol. The number of aromatic nitrogens is 1. The molecule has 3 rings (SSSR count). The zero-order valence-corrected chi connectivity index (χ0v) is 15.6. The van der Waals surface area contributed by atoms with E-state index in [0.29, 0.717) is 19.7 Å². The maximum absolute atomic E-state index is 12.4. The van der Waals surface area contributed by atoms with Crippen LogP contribution in [0.15, 0.2) is 48.7 Å². The number of carbonyl (C=O) groups is 2. The molecule has 1 N–H and O–H groups in total. The number of pyridine rings is 1. The minimum Gasteiger partial charge on any atom is -0.487 e. The van der Waals surface area contributed by atoms with E-state index >= 15 is 0 Å². The second-order valence-electron chi connectivity index (χ2n) is 6.78. The van der Waals surface area contributed by atoms with Crippen LogP contribution in [-0.2, 0) is 22.7 Å². The maximum atomic E-state index is 12.4. The summed E-state index contributed by atoms with van der Waals surface area (Å²) in [6, 6.07) is 13.4. The molecule has 0 saturated carbocycles. The van der Waals surface area contributed by atoms with E-state index in [0.717, 1.165) is 36.4 Å². The largest absolute Gasteiger partial charge is 0.487 e. The van der Waals surface area contributed by atoms with Gasteiger partial charge < -0.3 is 15.0 Å². The maximum Gasteiger partial charge on any atom is 0.225 e. The van der Waals surface area contributed by atoms with Crippen LogP contribution in [0.4, 0.5) is 0 Å². The van der Waals surface area contributed by atoms with Gasteiger partial charge >= 0.3 is 0 Å². The monoisotopic (exact) mass is 367 g/mol. The number of amides is 2. The number of ether oxygens (including phenoxy) is 1. The summed E-state index contributed by atoms with van der Waals surface area (Å²) in [6.45, 7) is 3.65. The van der Waals surface area contributed by atoms with Gasteiger partial charge in [0.05, 0.1) is 11.6 Å². The first kappa shape index (κ1) is 18.9. The van der Waals surface area contributed by atoms with E-state index in [-0.39, 0.29) is 17.7 Å². The van der Waals surface area contributed by atoms with Crippen LogP contribution in [0.3, 0.4) is 0 Å². The number of piperidine rings is 1. The summed E-state index contributed by atoms with van der Waals surface area (Å²) in [5.74, 6) is 0.644. The zero-order chi connectivity index (χ0) is 19.1. The molecule has 2 heterocycles. The third kappa shape index (κ3) is 5.54. The lowest BCUT2D eigenvalue weighted by Gasteiger charge is -2.31. The highest BCUT2D eigenvalue weighted by Gasteiger charge is 2.26. The van der Waals surface area contributed by atoms with E-state index in [4.69, 9.17) is 4.74 Å². The molecule has 1 aliphatic rings. The van der Waals surface area contributed by atoms with Gasteiger partial charge in [-0.3, -0.25) is 14.6 Å². The fourth-order valence-electron chi connectivity index (χ4n) is 3.20. The van der Waals surface area contributed by atoms with Crippen LogP contribution in [0.25, 0.3) is 0 Å². The highest BCUT2D eigenvalue weighted by Crippen LogP contribution is 2.18. The normalized spacial score (nSPS) is 16.6. The molecule has 6 heteroatoms. The van der Waals surface area contributed by atoms with Crippen molar-refractivity contribution < 1.29 is 14.3 Å². The molecule has 1 aromatic heterocycles. The SMILES string of the molecule is CC(=O)N1CCC[C@H](C(=O)NCc2cccc(OCc3ccccn3)c2)C1. The number of hydrogen-bond acceptors (Lipinski definition) is 4. The summed E-state index contributed by atoms with van der Waals surface area (Å²) in [7, 11) is 0. The van der Waals surface area contributed by atoms with Crippen LogP contribution < -0.4 is 10.1 Å². The summed E-state index contributed by atoms with van der Waals surface area (Å²) in [5, 5.41) is 2.98. The van der Waals surface area contributed by atoms with Crippen molar-refractivity contribution in [1.82, 2.24) is 15.2 Å². The van der Waals surface area contributed by atoms with E-state index < -0.39 is 0 Å². The second-order valence-corrected chi connectivity index (χ2v) is 6.78. The van der Waals surface area contributed by atoms with Gasteiger partial charge in [0, 0.05) is 32.8 Å². The number of carbonyl (C=O) groups excluding carboxylic acids is 2. The predicted octanol–water partition coefficient (Wildman–Crippen LogP) is 2.54. The molecule has 2 aromatic rings. The van der Waals surface area contributed by atoms with Crippen molar-refractivity contribution in [3.8, 4) is 5.75 Å². The molecule has 1 saturated heterocycles. The molecule has 1 fully saturated rings. The molecule has 0 aliphatic carbocycles. The number of likely N-dealkylation sites (tertiary alicyclic amines) is 1. The lowest BCUT2D eigenvalue weighted by molar-refractivity contribution is -0.134. The first-order valence-corrected chi connectivity index (χ1v) is 9.26. The average molecular weight is 367 g/mol. The standard InChI is InChI=1S/C21H25N3O3/c1-16(25)24-11-5-7-18(14-24)21(26)23-13-17-6-4-9-20(12-17)27-15-19-8-2-3-10-22-19/h2-4,6,8-10,12,18H,5,7,11,13-15H2,1H3,(H,23,26)/t18-/m0/s1. The Balaban J connectivity index is 1.50. The van der Waals surface area contributed by atoms with E-state index in [2.05, 4.69) is 10.3 Å². The van der Waals surface area contributed by atoms with Crippen molar-refractivity contribution in [2.24, 2.45) is 5.92 Å². The number of rotatable bonds is 6. The molecule has 142 valence electrons. The number of benzene rings is 1. The van der Waals surface area contributed by atoms with Crippen LogP contribution in [0.2, 0.25) is 0 Å². The molecular weight excluding hydrogens is 342 g/mol. The van der Waals surface area contributed by atoms with Crippen molar-refractivity contribution >= 4 is 11.8 Å². The fourth-order valence-corrected chi connectivity index (χ4v) is 3.20. The molecule has 0 radical (unpaired) electrons.